The molecule has 0 bridgehead atoms. The number of rotatable bonds is 7. The molecule has 0 unspecified atom stereocenters. The minimum atomic E-state index is -0.981. The SMILES string of the molecule is C=CC(=O)O.CC#CC#COc1ccc(C(C)=O)cc1.CCCCCCC.[HH].[HH].[HH].[HH]. The highest BCUT2D eigenvalue weighted by Crippen LogP contribution is 2.11. The molecule has 0 fully saturated rings. The molecule has 0 amide bonds. The first-order chi connectivity index (χ1) is 12.9. The van der Waals surface area contributed by atoms with E-state index >= 15 is 0 Å². The number of carboxylic acid groups (broad SMARTS) is 1. The van der Waals surface area contributed by atoms with Crippen LogP contribution in [0, 0.1) is 23.9 Å². The molecule has 1 N–H and O–H groups in total. The summed E-state index contributed by atoms with van der Waals surface area (Å²) in [7, 11) is 0. The van der Waals surface area contributed by atoms with Crippen molar-refractivity contribution >= 4 is 11.8 Å². The van der Waals surface area contributed by atoms with E-state index in [1.807, 2.05) is 0 Å². The predicted molar refractivity (Wildman–Crippen MR) is 119 cm³/mol. The summed E-state index contributed by atoms with van der Waals surface area (Å²) in [6, 6.07) is 6.80. The second-order valence-electron chi connectivity index (χ2n) is 5.39. The van der Waals surface area contributed by atoms with Crippen LogP contribution in [0.1, 0.15) is 75.9 Å². The van der Waals surface area contributed by atoms with Crippen LogP contribution in [0.15, 0.2) is 36.9 Å². The van der Waals surface area contributed by atoms with Crippen molar-refractivity contribution in [1.29, 1.82) is 0 Å². The molecule has 1 aromatic rings. The fourth-order valence-electron chi connectivity index (χ4n) is 1.61. The van der Waals surface area contributed by atoms with Gasteiger partial charge in [0.1, 0.15) is 11.9 Å². The molecular weight excluding hydrogens is 340 g/mol. The molecule has 0 spiro atoms. The molecule has 0 saturated carbocycles. The Morgan fingerprint density at radius 3 is 2.00 bits per heavy atom. The van der Waals surface area contributed by atoms with Crippen LogP contribution < -0.4 is 4.74 Å². The Morgan fingerprint density at radius 2 is 1.63 bits per heavy atom. The standard InChI is InChI=1S/C13H10O2.C7H16.C3H4O2.4H2/c1-3-4-5-10-15-13-8-6-12(7-9-13)11(2)14;1-3-5-7-6-4-2;1-2-3(4)5;;;;/h6-9H,1-2H3;3-7H2,1-2H3;2H,1H2,(H,4,5);4*1H. The number of ketones is 1. The number of benzene rings is 1. The molecule has 0 aliphatic heterocycles. The van der Waals surface area contributed by atoms with Crippen molar-refractivity contribution < 1.29 is 25.1 Å². The minimum Gasteiger partial charge on any atom is -0.478 e. The highest BCUT2D eigenvalue weighted by Gasteiger charge is 1.98. The molecule has 0 heterocycles. The van der Waals surface area contributed by atoms with Crippen LogP contribution in [-0.2, 0) is 4.79 Å². The van der Waals surface area contributed by atoms with Gasteiger partial charge in [-0.25, -0.2) is 4.79 Å². The predicted octanol–water partition coefficient (Wildman–Crippen LogP) is 6.47. The van der Waals surface area contributed by atoms with Gasteiger partial charge in [0.15, 0.2) is 5.78 Å². The molecule has 0 aromatic heterocycles. The van der Waals surface area contributed by atoms with E-state index in [9.17, 15) is 9.59 Å². The zero-order valence-electron chi connectivity index (χ0n) is 16.8. The molecule has 0 saturated heterocycles. The van der Waals surface area contributed by atoms with Gasteiger partial charge in [-0.1, -0.05) is 58.5 Å². The van der Waals surface area contributed by atoms with E-state index in [-0.39, 0.29) is 11.5 Å². The van der Waals surface area contributed by atoms with Crippen LogP contribution in [0.2, 0.25) is 0 Å². The fourth-order valence-corrected chi connectivity index (χ4v) is 1.61. The third-order valence-corrected chi connectivity index (χ3v) is 3.05. The Bertz CT molecular complexity index is 678. The molecule has 4 nitrogen and oxygen atoms in total. The lowest BCUT2D eigenvalue weighted by molar-refractivity contribution is -0.131. The van der Waals surface area contributed by atoms with Crippen molar-refractivity contribution in [2.24, 2.45) is 0 Å². The van der Waals surface area contributed by atoms with Crippen LogP contribution in [0.3, 0.4) is 0 Å². The minimum absolute atomic E-state index is 0. The second kappa shape index (κ2) is 19.3. The van der Waals surface area contributed by atoms with Crippen LogP contribution in [0.4, 0.5) is 0 Å². The van der Waals surface area contributed by atoms with E-state index in [2.05, 4.69) is 44.3 Å². The monoisotopic (exact) mass is 378 g/mol. The highest BCUT2D eigenvalue weighted by molar-refractivity contribution is 5.94. The number of Topliss-reactive ketones (excluding diaryl/α,β-unsaturated/α-hetero) is 1. The zero-order valence-corrected chi connectivity index (χ0v) is 16.8. The molecule has 0 atom stereocenters. The summed E-state index contributed by atoms with van der Waals surface area (Å²) < 4.78 is 5.07. The molecule has 0 aliphatic rings. The van der Waals surface area contributed by atoms with E-state index in [0.717, 1.165) is 6.08 Å². The van der Waals surface area contributed by atoms with Gasteiger partial charge in [0.05, 0.1) is 0 Å². The molecule has 154 valence electrons. The van der Waals surface area contributed by atoms with Gasteiger partial charge in [-0.05, 0) is 44.0 Å². The number of hydrogen-bond acceptors (Lipinski definition) is 3. The quantitative estimate of drug-likeness (QED) is 0.255. The molecule has 1 rings (SSSR count). The Morgan fingerprint density at radius 1 is 1.11 bits per heavy atom. The number of ether oxygens (including phenoxy) is 1. The molecule has 4 heteroatoms. The summed E-state index contributed by atoms with van der Waals surface area (Å²) in [5, 5.41) is 7.60. The van der Waals surface area contributed by atoms with E-state index in [1.165, 1.54) is 39.0 Å². The Balaban J connectivity index is -0.0000000838. The maximum absolute atomic E-state index is 11.0. The van der Waals surface area contributed by atoms with Gasteiger partial charge in [-0.15, -0.1) is 0 Å². The van der Waals surface area contributed by atoms with Crippen molar-refractivity contribution in [3.8, 4) is 29.6 Å². The number of carbonyl (C=O) groups is 2. The zero-order chi connectivity index (χ0) is 20.9. The van der Waals surface area contributed by atoms with Crippen molar-refractivity contribution in [2.75, 3.05) is 0 Å². The van der Waals surface area contributed by atoms with Gasteiger partial charge in [0.2, 0.25) is 0 Å². The van der Waals surface area contributed by atoms with Crippen LogP contribution in [0.5, 0.6) is 5.75 Å². The van der Waals surface area contributed by atoms with Crippen molar-refractivity contribution in [3.63, 3.8) is 0 Å². The molecule has 0 aliphatic carbocycles. The number of aliphatic carboxylic acids is 1. The van der Waals surface area contributed by atoms with Gasteiger partial charge < -0.3 is 9.84 Å². The molecular formula is C23H38O4. The molecule has 27 heavy (non-hydrogen) atoms. The first-order valence-corrected chi connectivity index (χ1v) is 8.97. The lowest BCUT2D eigenvalue weighted by Crippen LogP contribution is -1.91. The van der Waals surface area contributed by atoms with Crippen molar-refractivity contribution in [3.05, 3.63) is 42.5 Å². The van der Waals surface area contributed by atoms with E-state index < -0.39 is 5.97 Å². The number of carboxylic acids is 1. The summed E-state index contributed by atoms with van der Waals surface area (Å²) in [6.45, 7) is 10.7. The van der Waals surface area contributed by atoms with Gasteiger partial charge in [0.25, 0.3) is 0 Å². The van der Waals surface area contributed by atoms with Crippen molar-refractivity contribution in [1.82, 2.24) is 0 Å². The summed E-state index contributed by atoms with van der Waals surface area (Å²) >= 11 is 0. The smallest absolute Gasteiger partial charge is 0.327 e. The lowest BCUT2D eigenvalue weighted by atomic mass is 10.1. The maximum atomic E-state index is 11.0. The van der Waals surface area contributed by atoms with Crippen LogP contribution >= 0.6 is 0 Å². The fraction of sp³-hybridized carbons (Fsp3) is 0.391. The largest absolute Gasteiger partial charge is 0.478 e. The summed E-state index contributed by atoms with van der Waals surface area (Å²) in [6.07, 6.45) is 10.3. The van der Waals surface area contributed by atoms with Gasteiger partial charge >= 0.3 is 5.97 Å². The summed E-state index contributed by atoms with van der Waals surface area (Å²) in [5.41, 5.74) is 0.656. The third kappa shape index (κ3) is 19.2. The summed E-state index contributed by atoms with van der Waals surface area (Å²) in [4.78, 5) is 20.2. The topological polar surface area (TPSA) is 63.6 Å². The van der Waals surface area contributed by atoms with Crippen LogP contribution in [0.25, 0.3) is 0 Å². The van der Waals surface area contributed by atoms with Gasteiger partial charge in [-0.3, -0.25) is 4.79 Å². The number of hydrogen-bond donors (Lipinski definition) is 1. The van der Waals surface area contributed by atoms with Crippen LogP contribution in [-0.4, -0.2) is 16.9 Å². The Labute approximate surface area is 169 Å². The number of carbonyl (C=O) groups excluding carboxylic acids is 1. The average Bonchev–Trinajstić information content (AvgIpc) is 2.67. The molecule has 1 aromatic carbocycles. The first kappa shape index (κ1) is 26.3. The normalized spacial score (nSPS) is 8.00. The van der Waals surface area contributed by atoms with E-state index in [0.29, 0.717) is 11.3 Å². The average molecular weight is 379 g/mol. The van der Waals surface area contributed by atoms with Crippen molar-refractivity contribution in [2.45, 2.75) is 59.8 Å². The second-order valence-corrected chi connectivity index (χ2v) is 5.39. The maximum Gasteiger partial charge on any atom is 0.327 e. The Kier molecular flexibility index (Phi) is 18.8. The first-order valence-electron chi connectivity index (χ1n) is 8.97. The Hall–Kier alpha value is -2.98. The number of unbranched alkanes of at least 4 members (excludes halogenated alkanes) is 4. The third-order valence-electron chi connectivity index (χ3n) is 3.05. The lowest BCUT2D eigenvalue weighted by Gasteiger charge is -1.97. The van der Waals surface area contributed by atoms with E-state index in [4.69, 9.17) is 9.84 Å². The highest BCUT2D eigenvalue weighted by atomic mass is 16.5. The van der Waals surface area contributed by atoms with E-state index in [1.54, 1.807) is 31.2 Å². The van der Waals surface area contributed by atoms with Gasteiger partial charge in [0, 0.05) is 23.3 Å². The molecule has 0 radical (unpaired) electrons. The van der Waals surface area contributed by atoms with Gasteiger partial charge in [-0.2, -0.15) is 0 Å². The summed E-state index contributed by atoms with van der Waals surface area (Å²) in [5.74, 6) is 7.36.